The molecule has 2 aliphatic rings. The Labute approximate surface area is 76.0 Å². The van der Waals surface area contributed by atoms with Gasteiger partial charge in [0.25, 0.3) is 0 Å². The quantitative estimate of drug-likeness (QED) is 0.674. The second kappa shape index (κ2) is 3.46. The lowest BCUT2D eigenvalue weighted by atomic mass is 9.85. The van der Waals surface area contributed by atoms with Gasteiger partial charge < -0.3 is 4.55 Å². The number of hydrogen-bond acceptors (Lipinski definition) is 1. The first-order chi connectivity index (χ1) is 5.79. The van der Waals surface area contributed by atoms with Gasteiger partial charge in [0.1, 0.15) is 0 Å². The molecule has 0 spiro atoms. The zero-order valence-electron chi connectivity index (χ0n) is 7.24. The molecule has 2 fully saturated rings. The fourth-order valence-electron chi connectivity index (χ4n) is 2.44. The van der Waals surface area contributed by atoms with E-state index >= 15 is 0 Å². The molecule has 3 atom stereocenters. The van der Waals surface area contributed by atoms with Crippen LogP contribution in [0.25, 0.3) is 0 Å². The van der Waals surface area contributed by atoms with Gasteiger partial charge in [-0.1, -0.05) is 12.8 Å². The van der Waals surface area contributed by atoms with Crippen molar-refractivity contribution >= 4 is 11.1 Å². The van der Waals surface area contributed by atoms with Crippen LogP contribution < -0.4 is 0 Å². The molecule has 0 aliphatic heterocycles. The molecule has 0 aromatic rings. The highest BCUT2D eigenvalue weighted by molar-refractivity contribution is 7.79. The minimum atomic E-state index is -1.56. The monoisotopic (exact) mass is 188 g/mol. The predicted molar refractivity (Wildman–Crippen MR) is 49.2 cm³/mol. The van der Waals surface area contributed by atoms with Crippen molar-refractivity contribution in [1.29, 1.82) is 0 Å². The molecule has 2 nitrogen and oxygen atoms in total. The van der Waals surface area contributed by atoms with E-state index in [2.05, 4.69) is 0 Å². The molecule has 0 bridgehead atoms. The van der Waals surface area contributed by atoms with Gasteiger partial charge in [0, 0.05) is 0 Å². The van der Waals surface area contributed by atoms with E-state index in [9.17, 15) is 4.21 Å². The third-order valence-corrected chi connectivity index (χ3v) is 4.34. The number of hydrogen-bond donors (Lipinski definition) is 1. The third-order valence-electron chi connectivity index (χ3n) is 3.24. The molecule has 0 radical (unpaired) electrons. The van der Waals surface area contributed by atoms with E-state index in [0.717, 1.165) is 18.8 Å². The fourth-order valence-corrected chi connectivity index (χ4v) is 3.47. The van der Waals surface area contributed by atoms with E-state index in [1.165, 1.54) is 25.7 Å². The highest BCUT2D eigenvalue weighted by Gasteiger charge is 2.39. The van der Waals surface area contributed by atoms with Gasteiger partial charge in [-0.3, -0.25) is 0 Å². The van der Waals surface area contributed by atoms with Crippen molar-refractivity contribution in [3.63, 3.8) is 0 Å². The summed E-state index contributed by atoms with van der Waals surface area (Å²) >= 11 is -1.56. The van der Waals surface area contributed by atoms with Crippen LogP contribution in [0.15, 0.2) is 0 Å². The van der Waals surface area contributed by atoms with Crippen LogP contribution in [0.5, 0.6) is 0 Å². The summed E-state index contributed by atoms with van der Waals surface area (Å²) < 4.78 is 20.1. The van der Waals surface area contributed by atoms with Crippen molar-refractivity contribution < 1.29 is 8.76 Å². The summed E-state index contributed by atoms with van der Waals surface area (Å²) in [6.45, 7) is 0. The Morgan fingerprint density at radius 2 is 1.75 bits per heavy atom. The molecule has 2 saturated carbocycles. The summed E-state index contributed by atoms with van der Waals surface area (Å²) in [7, 11) is 0. The average Bonchev–Trinajstić information content (AvgIpc) is 2.87. The van der Waals surface area contributed by atoms with Gasteiger partial charge >= 0.3 is 0 Å². The van der Waals surface area contributed by atoms with Crippen LogP contribution in [0.4, 0.5) is 0 Å². The molecule has 0 aromatic carbocycles. The van der Waals surface area contributed by atoms with Gasteiger partial charge in [-0.2, -0.15) is 0 Å². The highest BCUT2D eigenvalue weighted by Crippen LogP contribution is 2.45. The van der Waals surface area contributed by atoms with Gasteiger partial charge in [-0.25, -0.2) is 4.21 Å². The van der Waals surface area contributed by atoms with Crippen molar-refractivity contribution in [2.45, 2.75) is 43.8 Å². The maximum atomic E-state index is 11.0. The Kier molecular flexibility index (Phi) is 2.51. The Bertz CT molecular complexity index is 189. The van der Waals surface area contributed by atoms with Crippen LogP contribution in [0, 0.1) is 11.8 Å². The van der Waals surface area contributed by atoms with E-state index in [1.54, 1.807) is 0 Å². The topological polar surface area (TPSA) is 37.3 Å². The second-order valence-electron chi connectivity index (χ2n) is 4.10. The first-order valence-electron chi connectivity index (χ1n) is 4.88. The van der Waals surface area contributed by atoms with Crippen LogP contribution >= 0.6 is 0 Å². The van der Waals surface area contributed by atoms with Crippen molar-refractivity contribution in [1.82, 2.24) is 0 Å². The molecule has 0 saturated heterocycles. The number of rotatable bonds is 2. The Hall–Kier alpha value is 0.110. The van der Waals surface area contributed by atoms with Crippen LogP contribution in [0.1, 0.15) is 38.5 Å². The van der Waals surface area contributed by atoms with E-state index < -0.39 is 11.1 Å². The molecule has 2 rings (SSSR count). The van der Waals surface area contributed by atoms with Gasteiger partial charge in [0.2, 0.25) is 0 Å². The molecule has 70 valence electrons. The van der Waals surface area contributed by atoms with Crippen LogP contribution in [0.2, 0.25) is 0 Å². The van der Waals surface area contributed by atoms with E-state index in [0.29, 0.717) is 5.92 Å². The van der Waals surface area contributed by atoms with Crippen molar-refractivity contribution in [3.05, 3.63) is 0 Å². The van der Waals surface area contributed by atoms with Crippen LogP contribution in [-0.4, -0.2) is 14.0 Å². The SMILES string of the molecule is O=S(O)C1CCCCC1C1CC1. The van der Waals surface area contributed by atoms with Crippen molar-refractivity contribution in [3.8, 4) is 0 Å². The Morgan fingerprint density at radius 3 is 2.33 bits per heavy atom. The molecule has 0 amide bonds. The molecule has 0 aromatic heterocycles. The summed E-state index contributed by atoms with van der Waals surface area (Å²) in [5, 5.41) is 0.103. The second-order valence-corrected chi connectivity index (χ2v) is 5.26. The summed E-state index contributed by atoms with van der Waals surface area (Å²) in [6, 6.07) is 0. The standard InChI is InChI=1S/C9H16O2S/c10-12(11)9-4-2-1-3-8(9)7-5-6-7/h7-9H,1-6H2,(H,10,11). The zero-order chi connectivity index (χ0) is 8.55. The Balaban J connectivity index is 2.00. The van der Waals surface area contributed by atoms with Crippen LogP contribution in [0.3, 0.4) is 0 Å². The van der Waals surface area contributed by atoms with E-state index in [-0.39, 0.29) is 5.25 Å². The van der Waals surface area contributed by atoms with Crippen LogP contribution in [-0.2, 0) is 11.1 Å². The van der Waals surface area contributed by atoms with E-state index in [1.807, 2.05) is 0 Å². The van der Waals surface area contributed by atoms with E-state index in [4.69, 9.17) is 4.55 Å². The van der Waals surface area contributed by atoms with Crippen molar-refractivity contribution in [2.24, 2.45) is 11.8 Å². The zero-order valence-corrected chi connectivity index (χ0v) is 8.05. The first-order valence-corrected chi connectivity index (χ1v) is 6.05. The maximum absolute atomic E-state index is 11.0. The molecule has 3 heteroatoms. The summed E-state index contributed by atoms with van der Waals surface area (Å²) in [5.74, 6) is 1.37. The highest BCUT2D eigenvalue weighted by atomic mass is 32.2. The minimum absolute atomic E-state index is 0.103. The molecule has 12 heavy (non-hydrogen) atoms. The van der Waals surface area contributed by atoms with Gasteiger partial charge in [-0.05, 0) is 37.5 Å². The molecular weight excluding hydrogens is 172 g/mol. The smallest absolute Gasteiger partial charge is 0.156 e. The Morgan fingerprint density at radius 1 is 1.08 bits per heavy atom. The first kappa shape index (κ1) is 8.70. The average molecular weight is 188 g/mol. The summed E-state index contributed by atoms with van der Waals surface area (Å²) in [6.07, 6.45) is 7.21. The normalized spacial score (nSPS) is 39.4. The lowest BCUT2D eigenvalue weighted by molar-refractivity contribution is 0.319. The third kappa shape index (κ3) is 1.72. The summed E-state index contributed by atoms with van der Waals surface area (Å²) in [4.78, 5) is 0. The lowest BCUT2D eigenvalue weighted by Gasteiger charge is -2.28. The predicted octanol–water partition coefficient (Wildman–Crippen LogP) is 2.18. The molecule has 0 heterocycles. The van der Waals surface area contributed by atoms with Gasteiger partial charge in [0.15, 0.2) is 11.1 Å². The molecular formula is C9H16O2S. The molecule has 1 N–H and O–H groups in total. The fraction of sp³-hybridized carbons (Fsp3) is 1.00. The largest absolute Gasteiger partial charge is 0.306 e. The summed E-state index contributed by atoms with van der Waals surface area (Å²) in [5.41, 5.74) is 0. The minimum Gasteiger partial charge on any atom is -0.306 e. The van der Waals surface area contributed by atoms with Crippen molar-refractivity contribution in [2.75, 3.05) is 0 Å². The lowest BCUT2D eigenvalue weighted by Crippen LogP contribution is -2.30. The molecule has 2 aliphatic carbocycles. The molecule has 3 unspecified atom stereocenters. The van der Waals surface area contributed by atoms with Gasteiger partial charge in [-0.15, -0.1) is 0 Å². The maximum Gasteiger partial charge on any atom is 0.156 e. The van der Waals surface area contributed by atoms with Gasteiger partial charge in [0.05, 0.1) is 5.25 Å².